The number of β-lactam (4-membered cyclic amide) rings is 1. The van der Waals surface area contributed by atoms with Gasteiger partial charge in [-0.1, -0.05) is 40.4 Å². The molecule has 1 aromatic heterocycles. The summed E-state index contributed by atoms with van der Waals surface area (Å²) in [4.78, 5) is 61.0. The van der Waals surface area contributed by atoms with Crippen LogP contribution in [0.15, 0.2) is 15.6 Å². The van der Waals surface area contributed by atoms with Gasteiger partial charge in [0, 0.05) is 23.4 Å². The largest absolute Gasteiger partial charge is 0.479 e. The predicted octanol–water partition coefficient (Wildman–Crippen LogP) is -0.255. The fraction of sp³-hybridized carbons (Fsp3) is 0.500. The Balaban J connectivity index is 1.32. The Morgan fingerprint density at radius 3 is 2.69 bits per heavy atom. The number of hydrogen-bond donors (Lipinski definition) is 3. The number of aliphatic carboxylic acids is 1. The lowest BCUT2D eigenvalue weighted by molar-refractivity contribution is -0.151. The number of amides is 4. The number of nitrogens with one attached hydrogen (secondary N) is 1. The van der Waals surface area contributed by atoms with Gasteiger partial charge in [-0.2, -0.15) is 5.10 Å². The molecule has 0 aliphatic carbocycles. The van der Waals surface area contributed by atoms with Gasteiger partial charge in [0.2, 0.25) is 10.8 Å². The summed E-state index contributed by atoms with van der Waals surface area (Å²) in [6.07, 6.45) is 0. The van der Waals surface area contributed by atoms with E-state index < -0.39 is 40.1 Å². The summed E-state index contributed by atoms with van der Waals surface area (Å²) >= 11 is 5.15. The van der Waals surface area contributed by atoms with E-state index in [0.717, 1.165) is 39.0 Å². The van der Waals surface area contributed by atoms with Crippen LogP contribution in [0.5, 0.6) is 0 Å². The normalized spacial score (nSPS) is 27.9. The van der Waals surface area contributed by atoms with Crippen LogP contribution in [0.4, 0.5) is 9.93 Å². The van der Waals surface area contributed by atoms with Crippen molar-refractivity contribution in [3.8, 4) is 0 Å². The molecule has 14 nitrogen and oxygen atoms in total. The van der Waals surface area contributed by atoms with E-state index in [4.69, 9.17) is 10.6 Å². The van der Waals surface area contributed by atoms with Gasteiger partial charge >= 0.3 is 12.0 Å². The molecule has 192 valence electrons. The van der Waals surface area contributed by atoms with E-state index in [1.165, 1.54) is 27.3 Å². The molecule has 18 heteroatoms. The Labute approximate surface area is 221 Å². The number of thioether (sulfide) groups is 3. The van der Waals surface area contributed by atoms with Gasteiger partial charge in [0.1, 0.15) is 24.2 Å². The average molecular weight is 573 g/mol. The third kappa shape index (κ3) is 4.14. The third-order valence-electron chi connectivity index (χ3n) is 5.78. The maximum atomic E-state index is 13.1. The first-order chi connectivity index (χ1) is 17.2. The molecule has 4 amide bonds. The number of carbonyl (C=O) groups excluding carboxylic acids is 3. The molecule has 0 bridgehead atoms. The molecule has 0 unspecified atom stereocenters. The topological polar surface area (TPSA) is 183 Å². The first-order valence-electron chi connectivity index (χ1n) is 10.5. The summed E-state index contributed by atoms with van der Waals surface area (Å²) in [5, 5.41) is 23.2. The maximum absolute atomic E-state index is 13.1. The Morgan fingerprint density at radius 2 is 2.06 bits per heavy atom. The van der Waals surface area contributed by atoms with Crippen LogP contribution in [0.1, 0.15) is 5.69 Å². The summed E-state index contributed by atoms with van der Waals surface area (Å²) in [7, 11) is 1.26. The van der Waals surface area contributed by atoms with Crippen molar-refractivity contribution >= 4 is 85.7 Å². The number of carbonyl (C=O) groups is 4. The molecule has 5 heterocycles. The van der Waals surface area contributed by atoms with Crippen molar-refractivity contribution in [3.05, 3.63) is 11.1 Å². The number of carboxylic acid groups (broad SMARTS) is 1. The molecule has 0 radical (unpaired) electrons. The van der Waals surface area contributed by atoms with Crippen LogP contribution in [-0.2, 0) is 19.2 Å². The number of hydrogen-bond acceptors (Lipinski definition) is 13. The monoisotopic (exact) mass is 572 g/mol. The van der Waals surface area contributed by atoms with Gasteiger partial charge in [-0.25, -0.2) is 19.6 Å². The number of hydrazone groups is 1. The Bertz CT molecular complexity index is 1180. The summed E-state index contributed by atoms with van der Waals surface area (Å²) in [5.41, 5.74) is 5.65. The lowest BCUT2D eigenvalue weighted by atomic mass is 10.1. The second-order valence-electron chi connectivity index (χ2n) is 7.83. The molecule has 0 spiro atoms. The van der Waals surface area contributed by atoms with Gasteiger partial charge in [0.15, 0.2) is 15.2 Å². The van der Waals surface area contributed by atoms with Crippen molar-refractivity contribution in [1.82, 2.24) is 25.1 Å². The van der Waals surface area contributed by atoms with E-state index in [9.17, 15) is 24.3 Å². The lowest BCUT2D eigenvalue weighted by Crippen LogP contribution is -2.68. The minimum absolute atomic E-state index is 0.145. The fourth-order valence-corrected chi connectivity index (χ4v) is 8.46. The van der Waals surface area contributed by atoms with Gasteiger partial charge < -0.3 is 25.9 Å². The number of anilines is 1. The molecule has 4 saturated heterocycles. The highest BCUT2D eigenvalue weighted by molar-refractivity contribution is 8.41. The molecule has 36 heavy (non-hydrogen) atoms. The molecule has 0 aromatic carbocycles. The standard InChI is InChI=1S/C18H20N8O6S4/c1-32-23-9(8-6-35-15(19)20-8)11(27)21-10-12(28)24-7-18(14(29)30,36-13(10)24)25-2-3-26(17(25)31)22-16-33-4-5-34-16/h6,10,13H,2-5,7H2,1H3,(H2,19,20)(H,21,27)(H,29,30)/t10-,13-,18-/m1/s1. The first-order valence-corrected chi connectivity index (χ1v) is 14.3. The molecule has 5 rings (SSSR count). The van der Waals surface area contributed by atoms with E-state index in [1.807, 2.05) is 0 Å². The van der Waals surface area contributed by atoms with Gasteiger partial charge in [0.25, 0.3) is 5.91 Å². The van der Waals surface area contributed by atoms with Crippen molar-refractivity contribution in [2.75, 3.05) is 44.0 Å². The molecule has 4 fully saturated rings. The van der Waals surface area contributed by atoms with Gasteiger partial charge in [0.05, 0.1) is 13.1 Å². The van der Waals surface area contributed by atoms with Crippen LogP contribution >= 0.6 is 46.6 Å². The Hall–Kier alpha value is -2.70. The molecule has 4 aliphatic rings. The van der Waals surface area contributed by atoms with Crippen molar-refractivity contribution in [2.24, 2.45) is 10.3 Å². The molecular weight excluding hydrogens is 553 g/mol. The number of nitrogen functional groups attached to an aromatic ring is 1. The highest BCUT2D eigenvalue weighted by atomic mass is 32.2. The maximum Gasteiger partial charge on any atom is 0.342 e. The molecular formula is C18H20N8O6S4. The molecule has 4 N–H and O–H groups in total. The van der Waals surface area contributed by atoms with Crippen LogP contribution in [0, 0.1) is 0 Å². The zero-order valence-corrected chi connectivity index (χ0v) is 21.9. The first kappa shape index (κ1) is 25.0. The van der Waals surface area contributed by atoms with Crippen molar-refractivity contribution in [2.45, 2.75) is 16.3 Å². The molecule has 4 aliphatic heterocycles. The highest BCUT2D eigenvalue weighted by Gasteiger charge is 2.66. The molecule has 0 saturated carbocycles. The number of oxime groups is 1. The van der Waals surface area contributed by atoms with Crippen LogP contribution in [0.2, 0.25) is 0 Å². The van der Waals surface area contributed by atoms with Crippen LogP contribution in [-0.4, -0.2) is 113 Å². The second-order valence-corrected chi connectivity index (χ2v) is 12.5. The average Bonchev–Trinajstić information content (AvgIpc) is 3.64. The highest BCUT2D eigenvalue weighted by Crippen LogP contribution is 2.49. The van der Waals surface area contributed by atoms with Crippen LogP contribution in [0.25, 0.3) is 0 Å². The van der Waals surface area contributed by atoms with E-state index in [-0.39, 0.29) is 36.2 Å². The summed E-state index contributed by atoms with van der Waals surface area (Å²) in [6.45, 7) is 0.182. The summed E-state index contributed by atoms with van der Waals surface area (Å²) in [6, 6.07) is -1.54. The van der Waals surface area contributed by atoms with Gasteiger partial charge in [-0.3, -0.25) is 14.5 Å². The number of nitrogens with zero attached hydrogens (tertiary/aromatic N) is 6. The fourth-order valence-electron chi connectivity index (χ4n) is 4.12. The van der Waals surface area contributed by atoms with Gasteiger partial charge in [-0.15, -0.1) is 11.3 Å². The number of fused-ring (bicyclic) bond motifs is 1. The van der Waals surface area contributed by atoms with E-state index in [2.05, 4.69) is 20.6 Å². The zero-order chi connectivity index (χ0) is 25.6. The van der Waals surface area contributed by atoms with Crippen LogP contribution in [0.3, 0.4) is 0 Å². The summed E-state index contributed by atoms with van der Waals surface area (Å²) in [5.74, 6) is -0.613. The SMILES string of the molecule is CON=C(C(=O)N[C@@H]1C(=O)N2C[C@@](C(=O)O)(N3CCN(N=C4SCCS4)C3=O)S[C@H]12)c1csc(N)n1. The van der Waals surface area contributed by atoms with E-state index in [0.29, 0.717) is 0 Å². The Kier molecular flexibility index (Phi) is 6.69. The second kappa shape index (κ2) is 9.64. The molecule has 3 atom stereocenters. The van der Waals surface area contributed by atoms with Crippen molar-refractivity contribution < 1.29 is 29.1 Å². The van der Waals surface area contributed by atoms with Crippen molar-refractivity contribution in [1.29, 1.82) is 0 Å². The minimum atomic E-state index is -1.70. The minimum Gasteiger partial charge on any atom is -0.479 e. The zero-order valence-electron chi connectivity index (χ0n) is 18.6. The van der Waals surface area contributed by atoms with E-state index in [1.54, 1.807) is 23.5 Å². The third-order valence-corrected chi connectivity index (χ3v) is 10.6. The number of rotatable bonds is 7. The number of aromatic nitrogens is 1. The van der Waals surface area contributed by atoms with E-state index >= 15 is 0 Å². The van der Waals surface area contributed by atoms with Gasteiger partial charge in [-0.05, 0) is 0 Å². The number of nitrogens with two attached hydrogens (primary N) is 1. The van der Waals surface area contributed by atoms with Crippen molar-refractivity contribution in [3.63, 3.8) is 0 Å². The lowest BCUT2D eigenvalue weighted by Gasteiger charge is -2.41. The molecule has 1 aromatic rings. The quantitative estimate of drug-likeness (QED) is 0.222. The number of urea groups is 1. The summed E-state index contributed by atoms with van der Waals surface area (Å²) < 4.78 is 0.769. The Morgan fingerprint density at radius 1 is 1.31 bits per heavy atom. The number of carboxylic acids is 1. The number of thiazole rings is 1. The smallest absolute Gasteiger partial charge is 0.342 e. The van der Waals surface area contributed by atoms with Crippen LogP contribution < -0.4 is 11.1 Å². The predicted molar refractivity (Wildman–Crippen MR) is 137 cm³/mol.